The molecule has 2 N–H and O–H groups in total. The maximum absolute atomic E-state index is 11.2. The summed E-state index contributed by atoms with van der Waals surface area (Å²) < 4.78 is 0.978. The van der Waals surface area contributed by atoms with Crippen LogP contribution in [0, 0.1) is 3.57 Å². The Labute approximate surface area is 156 Å². The molecule has 4 rings (SSSR count). The number of benzene rings is 2. The molecular weight excluding hydrogens is 433 g/mol. The van der Waals surface area contributed by atoms with E-state index in [4.69, 9.17) is 4.84 Å². The van der Waals surface area contributed by atoms with Gasteiger partial charge in [0, 0.05) is 21.4 Å². The highest BCUT2D eigenvalue weighted by Gasteiger charge is 2.29. The third kappa shape index (κ3) is 2.60. The molecule has 0 atom stereocenters. The summed E-state index contributed by atoms with van der Waals surface area (Å²) in [6, 6.07) is 13.2. The van der Waals surface area contributed by atoms with Gasteiger partial charge in [0.05, 0.1) is 16.8 Å². The van der Waals surface area contributed by atoms with Crippen LogP contribution in [0.1, 0.15) is 18.1 Å². The van der Waals surface area contributed by atoms with Crippen LogP contribution in [0.15, 0.2) is 52.6 Å². The summed E-state index contributed by atoms with van der Waals surface area (Å²) in [7, 11) is 0. The van der Waals surface area contributed by atoms with Crippen LogP contribution in [0.25, 0.3) is 10.9 Å². The maximum Gasteiger partial charge on any atom is 0.332 e. The SMILES string of the molecule is CC(=O)ON=C1C(c2c(O)[nH]c3c(I)cccc23)=Nc2ccccc21. The van der Waals surface area contributed by atoms with E-state index in [9.17, 15) is 9.90 Å². The third-order valence-electron chi connectivity index (χ3n) is 3.88. The molecular formula is C18H12IN3O3. The van der Waals surface area contributed by atoms with E-state index in [1.54, 1.807) is 0 Å². The average Bonchev–Trinajstić information content (AvgIpc) is 3.10. The van der Waals surface area contributed by atoms with Crippen molar-refractivity contribution in [2.24, 2.45) is 10.1 Å². The summed E-state index contributed by atoms with van der Waals surface area (Å²) in [5, 5.41) is 15.3. The number of nitrogens with one attached hydrogen (secondary N) is 1. The summed E-state index contributed by atoms with van der Waals surface area (Å²) in [5.41, 5.74) is 3.70. The molecule has 0 spiro atoms. The molecule has 6 nitrogen and oxygen atoms in total. The van der Waals surface area contributed by atoms with E-state index in [0.717, 1.165) is 20.0 Å². The van der Waals surface area contributed by atoms with Gasteiger partial charge in [-0.3, -0.25) is 0 Å². The van der Waals surface area contributed by atoms with Gasteiger partial charge in [-0.1, -0.05) is 35.5 Å². The van der Waals surface area contributed by atoms with Gasteiger partial charge in [-0.05, 0) is 34.7 Å². The summed E-state index contributed by atoms with van der Waals surface area (Å²) in [5.74, 6) is -0.518. The van der Waals surface area contributed by atoms with Crippen LogP contribution in [0.3, 0.4) is 0 Å². The normalized spacial score (nSPS) is 14.6. The fraction of sp³-hybridized carbons (Fsp3) is 0.0556. The number of halogens is 1. The first-order valence-electron chi connectivity index (χ1n) is 7.50. The van der Waals surface area contributed by atoms with Crippen LogP contribution in [-0.2, 0) is 9.63 Å². The van der Waals surface area contributed by atoms with Gasteiger partial charge in [0.15, 0.2) is 5.88 Å². The number of rotatable bonds is 2. The molecule has 0 unspecified atom stereocenters. The van der Waals surface area contributed by atoms with Crippen molar-refractivity contribution in [1.82, 2.24) is 4.98 Å². The van der Waals surface area contributed by atoms with Gasteiger partial charge < -0.3 is 14.9 Å². The van der Waals surface area contributed by atoms with Gasteiger partial charge >= 0.3 is 5.97 Å². The minimum absolute atomic E-state index is 0.00111. The van der Waals surface area contributed by atoms with Crippen molar-refractivity contribution < 1.29 is 14.7 Å². The number of carbonyl (C=O) groups excluding carboxylic acids is 1. The van der Waals surface area contributed by atoms with Crippen molar-refractivity contribution in [3.05, 3.63) is 57.2 Å². The number of aromatic nitrogens is 1. The molecule has 2 heterocycles. The molecule has 0 saturated heterocycles. The molecule has 0 fully saturated rings. The number of fused-ring (bicyclic) bond motifs is 2. The molecule has 2 aromatic carbocycles. The first-order valence-corrected chi connectivity index (χ1v) is 8.57. The number of para-hydroxylation sites is 2. The summed E-state index contributed by atoms with van der Waals surface area (Å²) in [6.45, 7) is 1.28. The highest BCUT2D eigenvalue weighted by Crippen LogP contribution is 2.36. The smallest absolute Gasteiger partial charge is 0.332 e. The molecule has 124 valence electrons. The zero-order valence-electron chi connectivity index (χ0n) is 13.1. The van der Waals surface area contributed by atoms with Crippen molar-refractivity contribution in [2.45, 2.75) is 6.92 Å². The Balaban J connectivity index is 1.96. The minimum atomic E-state index is -0.520. The van der Waals surface area contributed by atoms with Gasteiger partial charge in [0.2, 0.25) is 0 Å². The lowest BCUT2D eigenvalue weighted by Gasteiger charge is -2.03. The molecule has 1 aromatic heterocycles. The van der Waals surface area contributed by atoms with Gasteiger partial charge in [0.1, 0.15) is 11.4 Å². The molecule has 0 saturated carbocycles. The van der Waals surface area contributed by atoms with Crippen LogP contribution in [-0.4, -0.2) is 27.5 Å². The van der Waals surface area contributed by atoms with Crippen LogP contribution < -0.4 is 0 Å². The van der Waals surface area contributed by atoms with E-state index in [1.807, 2.05) is 42.5 Å². The van der Waals surface area contributed by atoms with E-state index >= 15 is 0 Å². The topological polar surface area (TPSA) is 87.0 Å². The Morgan fingerprint density at radius 2 is 2.04 bits per heavy atom. The largest absolute Gasteiger partial charge is 0.494 e. The fourth-order valence-corrected chi connectivity index (χ4v) is 3.49. The number of carbonyl (C=O) groups is 1. The van der Waals surface area contributed by atoms with Gasteiger partial charge in [0.25, 0.3) is 0 Å². The van der Waals surface area contributed by atoms with Crippen molar-refractivity contribution in [1.29, 1.82) is 0 Å². The quantitative estimate of drug-likeness (QED) is 0.357. The number of H-pyrrole nitrogens is 1. The number of oxime groups is 1. The molecule has 0 radical (unpaired) electrons. The Bertz CT molecular complexity index is 1080. The highest BCUT2D eigenvalue weighted by atomic mass is 127. The van der Waals surface area contributed by atoms with Crippen molar-refractivity contribution in [3.63, 3.8) is 0 Å². The minimum Gasteiger partial charge on any atom is -0.494 e. The second-order valence-corrected chi connectivity index (χ2v) is 6.67. The average molecular weight is 445 g/mol. The number of hydrogen-bond acceptors (Lipinski definition) is 5. The molecule has 0 amide bonds. The number of nitrogens with zero attached hydrogens (tertiary/aromatic N) is 2. The lowest BCUT2D eigenvalue weighted by Crippen LogP contribution is -2.14. The van der Waals surface area contributed by atoms with E-state index in [2.05, 4.69) is 37.7 Å². The first-order chi connectivity index (χ1) is 12.1. The first kappa shape index (κ1) is 15.8. The summed E-state index contributed by atoms with van der Waals surface area (Å²) >= 11 is 2.20. The number of aromatic amines is 1. The van der Waals surface area contributed by atoms with Crippen LogP contribution in [0.2, 0.25) is 0 Å². The molecule has 7 heteroatoms. The standard InChI is InChI=1S/C18H12IN3O3/c1-9(23)25-22-16-10-5-2-3-8-13(10)20-17(16)14-11-6-4-7-12(19)15(11)21-18(14)24/h2-8,21,24H,1H3. The van der Waals surface area contributed by atoms with Gasteiger partial charge in [-0.2, -0.15) is 0 Å². The second-order valence-electron chi connectivity index (χ2n) is 5.51. The molecule has 25 heavy (non-hydrogen) atoms. The third-order valence-corrected chi connectivity index (χ3v) is 4.78. The Hall–Kier alpha value is -2.68. The Morgan fingerprint density at radius 3 is 2.84 bits per heavy atom. The van der Waals surface area contributed by atoms with Crippen molar-refractivity contribution >= 4 is 56.6 Å². The zero-order chi connectivity index (χ0) is 17.6. The van der Waals surface area contributed by atoms with Gasteiger partial charge in [-0.25, -0.2) is 9.79 Å². The molecule has 0 bridgehead atoms. The zero-order valence-corrected chi connectivity index (χ0v) is 15.2. The lowest BCUT2D eigenvalue weighted by atomic mass is 10.0. The van der Waals surface area contributed by atoms with E-state index < -0.39 is 5.97 Å². The molecule has 1 aliphatic rings. The molecule has 3 aromatic rings. The Kier molecular flexibility index (Phi) is 3.79. The van der Waals surface area contributed by atoms with Crippen molar-refractivity contribution in [2.75, 3.05) is 0 Å². The van der Waals surface area contributed by atoms with Crippen LogP contribution >= 0.6 is 22.6 Å². The molecule has 1 aliphatic heterocycles. The molecule has 0 aliphatic carbocycles. The predicted octanol–water partition coefficient (Wildman–Crippen LogP) is 3.88. The van der Waals surface area contributed by atoms with Crippen LogP contribution in [0.4, 0.5) is 5.69 Å². The second kappa shape index (κ2) is 5.99. The summed E-state index contributed by atoms with van der Waals surface area (Å²) in [4.78, 5) is 23.7. The predicted molar refractivity (Wildman–Crippen MR) is 104 cm³/mol. The van der Waals surface area contributed by atoms with Crippen molar-refractivity contribution in [3.8, 4) is 5.88 Å². The lowest BCUT2D eigenvalue weighted by molar-refractivity contribution is -0.140. The number of aliphatic imine (C=N–C) groups is 1. The van der Waals surface area contributed by atoms with Crippen LogP contribution in [0.5, 0.6) is 5.88 Å². The number of hydrogen-bond donors (Lipinski definition) is 2. The van der Waals surface area contributed by atoms with E-state index in [0.29, 0.717) is 22.7 Å². The number of aromatic hydroxyl groups is 1. The Morgan fingerprint density at radius 1 is 1.24 bits per heavy atom. The maximum atomic E-state index is 11.2. The van der Waals surface area contributed by atoms with E-state index in [-0.39, 0.29) is 5.88 Å². The van der Waals surface area contributed by atoms with Gasteiger partial charge in [-0.15, -0.1) is 0 Å². The fourth-order valence-electron chi connectivity index (χ4n) is 2.86. The summed E-state index contributed by atoms with van der Waals surface area (Å²) in [6.07, 6.45) is 0. The highest BCUT2D eigenvalue weighted by molar-refractivity contribution is 14.1. The van der Waals surface area contributed by atoms with E-state index in [1.165, 1.54) is 6.92 Å². The monoisotopic (exact) mass is 445 g/mol.